The summed E-state index contributed by atoms with van der Waals surface area (Å²) >= 11 is 12.4. The highest BCUT2D eigenvalue weighted by molar-refractivity contribution is 7.89. The number of carbonyl (C=O) groups excluding carboxylic acids is 1. The van der Waals surface area contributed by atoms with Crippen molar-refractivity contribution in [2.24, 2.45) is 0 Å². The van der Waals surface area contributed by atoms with Gasteiger partial charge in [-0.15, -0.1) is 0 Å². The number of carbonyl (C=O) groups is 1. The quantitative estimate of drug-likeness (QED) is 0.601. The number of anilines is 1. The first-order chi connectivity index (χ1) is 16.2. The second-order valence-electron chi connectivity index (χ2n) is 10.0. The van der Waals surface area contributed by atoms with Crippen molar-refractivity contribution in [3.8, 4) is 5.75 Å². The molecule has 0 saturated carbocycles. The fourth-order valence-electron chi connectivity index (χ4n) is 4.72. The number of sulfonamides is 1. The SMILES string of the molecule is CN(C(C)(C)C)S(=O)(=O)c1cc(Cl)c(O)c(N2C3CCC2CN(C(=O)c2ccc(F)cc2Cl)C3)c1. The minimum Gasteiger partial charge on any atom is -0.504 e. The van der Waals surface area contributed by atoms with Crippen LogP contribution in [0.25, 0.3) is 0 Å². The number of phenols is 1. The van der Waals surface area contributed by atoms with Crippen molar-refractivity contribution in [2.45, 2.75) is 56.1 Å². The lowest BCUT2D eigenvalue weighted by molar-refractivity contribution is 0.0718. The molecular formula is C24H28Cl2FN3O4S. The summed E-state index contributed by atoms with van der Waals surface area (Å²) in [5.74, 6) is -1.00. The Morgan fingerprint density at radius 1 is 1.09 bits per heavy atom. The molecule has 2 aliphatic rings. The molecule has 0 aliphatic carbocycles. The van der Waals surface area contributed by atoms with Crippen molar-refractivity contribution >= 4 is 44.8 Å². The third-order valence-electron chi connectivity index (χ3n) is 6.83. The number of nitrogens with zero attached hydrogens (tertiary/aromatic N) is 3. The summed E-state index contributed by atoms with van der Waals surface area (Å²) in [6.07, 6.45) is 1.50. The average molecular weight is 544 g/mol. The first-order valence-electron chi connectivity index (χ1n) is 11.3. The summed E-state index contributed by atoms with van der Waals surface area (Å²) < 4.78 is 41.3. The molecule has 35 heavy (non-hydrogen) atoms. The van der Waals surface area contributed by atoms with Crippen LogP contribution in [0.15, 0.2) is 35.2 Å². The Balaban J connectivity index is 1.66. The van der Waals surface area contributed by atoms with Gasteiger partial charge in [0.1, 0.15) is 5.82 Å². The summed E-state index contributed by atoms with van der Waals surface area (Å²) in [4.78, 5) is 16.7. The van der Waals surface area contributed by atoms with Gasteiger partial charge in [-0.2, -0.15) is 4.31 Å². The molecule has 0 spiro atoms. The number of aromatic hydroxyl groups is 1. The van der Waals surface area contributed by atoms with E-state index in [4.69, 9.17) is 23.2 Å². The van der Waals surface area contributed by atoms with Crippen LogP contribution < -0.4 is 4.90 Å². The van der Waals surface area contributed by atoms with Crippen LogP contribution in [0.2, 0.25) is 10.0 Å². The molecule has 11 heteroatoms. The largest absolute Gasteiger partial charge is 0.504 e. The highest BCUT2D eigenvalue weighted by Gasteiger charge is 2.43. The maximum Gasteiger partial charge on any atom is 0.255 e. The number of amides is 1. The molecule has 0 radical (unpaired) electrons. The Hall–Kier alpha value is -2.07. The highest BCUT2D eigenvalue weighted by atomic mass is 35.5. The molecule has 4 rings (SSSR count). The van der Waals surface area contributed by atoms with E-state index >= 15 is 0 Å². The lowest BCUT2D eigenvalue weighted by atomic mass is 10.1. The normalized spacial score (nSPS) is 20.6. The summed E-state index contributed by atoms with van der Waals surface area (Å²) in [6, 6.07) is 6.09. The van der Waals surface area contributed by atoms with E-state index in [1.54, 1.807) is 25.7 Å². The number of halogens is 3. The van der Waals surface area contributed by atoms with Crippen molar-refractivity contribution in [1.82, 2.24) is 9.21 Å². The van der Waals surface area contributed by atoms with Crippen molar-refractivity contribution in [3.05, 3.63) is 51.8 Å². The second kappa shape index (κ2) is 9.10. The first kappa shape index (κ1) is 26.0. The second-order valence-corrected chi connectivity index (χ2v) is 12.8. The average Bonchev–Trinajstić information content (AvgIpc) is 3.02. The van der Waals surface area contributed by atoms with Crippen LogP contribution in [-0.4, -0.2) is 66.4 Å². The molecule has 2 fully saturated rings. The molecular weight excluding hydrogens is 516 g/mol. The highest BCUT2D eigenvalue weighted by Crippen LogP contribution is 2.44. The third-order valence-corrected chi connectivity index (χ3v) is 9.53. The number of benzene rings is 2. The molecule has 2 atom stereocenters. The Kier molecular flexibility index (Phi) is 6.76. The van der Waals surface area contributed by atoms with E-state index in [-0.39, 0.29) is 44.2 Å². The minimum absolute atomic E-state index is 0.0104. The van der Waals surface area contributed by atoms with Crippen LogP contribution in [0.5, 0.6) is 5.75 Å². The summed E-state index contributed by atoms with van der Waals surface area (Å²) in [6.45, 7) is 6.06. The van der Waals surface area contributed by atoms with Gasteiger partial charge in [-0.05, 0) is 63.9 Å². The van der Waals surface area contributed by atoms with Crippen LogP contribution in [0.1, 0.15) is 44.0 Å². The number of likely N-dealkylation sites (tertiary alicyclic amines) is 1. The molecule has 2 saturated heterocycles. The zero-order valence-corrected chi connectivity index (χ0v) is 22.3. The molecule has 7 nitrogen and oxygen atoms in total. The standard InChI is InChI=1S/C24H28Cl2FN3O4S/c1-24(2,3)28(4)35(33,34)17-10-20(26)22(31)21(11-17)30-15-6-7-16(30)13-29(12-15)23(32)18-8-5-14(27)9-19(18)25/h5,8-11,15-16,31H,6-7,12-13H2,1-4H3. The van der Waals surface area contributed by atoms with Crippen molar-refractivity contribution in [3.63, 3.8) is 0 Å². The molecule has 2 bridgehead atoms. The van der Waals surface area contributed by atoms with Gasteiger partial charge in [-0.1, -0.05) is 23.2 Å². The Morgan fingerprint density at radius 2 is 1.69 bits per heavy atom. The van der Waals surface area contributed by atoms with Gasteiger partial charge >= 0.3 is 0 Å². The van der Waals surface area contributed by atoms with E-state index in [1.165, 1.54) is 35.6 Å². The number of phenolic OH excluding ortho intramolecular Hbond substituents is 1. The molecule has 1 N–H and O–H groups in total. The van der Waals surface area contributed by atoms with E-state index in [9.17, 15) is 22.7 Å². The predicted molar refractivity (Wildman–Crippen MR) is 134 cm³/mol. The van der Waals surface area contributed by atoms with Crippen LogP contribution in [0.3, 0.4) is 0 Å². The molecule has 0 aromatic heterocycles. The number of hydrogen-bond donors (Lipinski definition) is 1. The summed E-state index contributed by atoms with van der Waals surface area (Å²) in [7, 11) is -2.37. The van der Waals surface area contributed by atoms with Gasteiger partial charge in [0.15, 0.2) is 5.75 Å². The lowest BCUT2D eigenvalue weighted by Gasteiger charge is -2.43. The van der Waals surface area contributed by atoms with Crippen molar-refractivity contribution in [2.75, 3.05) is 25.0 Å². The maximum atomic E-state index is 13.4. The van der Waals surface area contributed by atoms with E-state index in [0.717, 1.165) is 18.9 Å². The number of hydrogen-bond acceptors (Lipinski definition) is 5. The third kappa shape index (κ3) is 4.71. The number of piperazine rings is 1. The minimum atomic E-state index is -3.88. The van der Waals surface area contributed by atoms with E-state index < -0.39 is 21.4 Å². The predicted octanol–water partition coefficient (Wildman–Crippen LogP) is 4.75. The van der Waals surface area contributed by atoms with E-state index in [0.29, 0.717) is 18.8 Å². The van der Waals surface area contributed by atoms with Gasteiger partial charge in [0, 0.05) is 37.8 Å². The molecule has 2 aliphatic heterocycles. The van der Waals surface area contributed by atoms with E-state index in [1.807, 2.05) is 4.90 Å². The topological polar surface area (TPSA) is 81.2 Å². The van der Waals surface area contributed by atoms with Crippen molar-refractivity contribution in [1.29, 1.82) is 0 Å². The van der Waals surface area contributed by atoms with Gasteiger partial charge in [0.05, 0.1) is 26.2 Å². The summed E-state index contributed by atoms with van der Waals surface area (Å²) in [5, 5.41) is 10.8. The number of fused-ring (bicyclic) bond motifs is 2. The maximum absolute atomic E-state index is 13.4. The molecule has 2 heterocycles. The Bertz CT molecular complexity index is 1270. The fraction of sp³-hybridized carbons (Fsp3) is 0.458. The van der Waals surface area contributed by atoms with Crippen LogP contribution in [0.4, 0.5) is 10.1 Å². The molecule has 2 aromatic rings. The molecule has 2 unspecified atom stereocenters. The van der Waals surface area contributed by atoms with Crippen LogP contribution >= 0.6 is 23.2 Å². The zero-order chi connectivity index (χ0) is 25.9. The fourth-order valence-corrected chi connectivity index (χ4v) is 6.81. The zero-order valence-electron chi connectivity index (χ0n) is 19.9. The molecule has 190 valence electrons. The molecule has 1 amide bonds. The number of rotatable bonds is 4. The Morgan fingerprint density at radius 3 is 2.23 bits per heavy atom. The van der Waals surface area contributed by atoms with Gasteiger partial charge < -0.3 is 14.9 Å². The van der Waals surface area contributed by atoms with Gasteiger partial charge in [0.2, 0.25) is 10.0 Å². The lowest BCUT2D eigenvalue weighted by Crippen LogP contribution is -2.55. The summed E-state index contributed by atoms with van der Waals surface area (Å²) in [5.41, 5.74) is -0.0985. The molecule has 2 aromatic carbocycles. The van der Waals surface area contributed by atoms with Gasteiger partial charge in [-0.3, -0.25) is 4.79 Å². The van der Waals surface area contributed by atoms with Crippen LogP contribution in [0, 0.1) is 5.82 Å². The van der Waals surface area contributed by atoms with Crippen LogP contribution in [-0.2, 0) is 10.0 Å². The Labute approximate surface area is 215 Å². The monoisotopic (exact) mass is 543 g/mol. The van der Waals surface area contributed by atoms with E-state index in [2.05, 4.69) is 0 Å². The smallest absolute Gasteiger partial charge is 0.255 e. The first-order valence-corrected chi connectivity index (χ1v) is 13.5. The van der Waals surface area contributed by atoms with Gasteiger partial charge in [-0.25, -0.2) is 12.8 Å². The van der Waals surface area contributed by atoms with Crippen molar-refractivity contribution < 1.29 is 22.7 Å². The van der Waals surface area contributed by atoms with Gasteiger partial charge in [0.25, 0.3) is 5.91 Å².